The fraction of sp³-hybridized carbons (Fsp3) is 0.255. The molecule has 0 saturated carbocycles. The quantitative estimate of drug-likeness (QED) is 0.0689. The summed E-state index contributed by atoms with van der Waals surface area (Å²) in [5.41, 5.74) is 5.87. The number of aromatic hydroxyl groups is 2. The molecule has 4 heterocycles. The van der Waals surface area contributed by atoms with Crippen LogP contribution in [0.3, 0.4) is 0 Å². The Morgan fingerprint density at radius 1 is 0.817 bits per heavy atom. The van der Waals surface area contributed by atoms with Gasteiger partial charge in [-0.05, 0) is 124 Å². The van der Waals surface area contributed by atoms with E-state index in [-0.39, 0.29) is 29.6 Å². The monoisotopic (exact) mass is 857 g/mol. The number of aryl methyl sites for hydroxylation is 2. The Balaban J connectivity index is 0.804. The standard InChI is InChI=1S/C47H44ClN5O5S2/c1-27-28(2)59-47-41(27)43(30-9-15-33(48)16-10-30)50-38(46-52-51-29(3)53(46)47)26-40(56)49-23-7-5-4-6-8-24-58-36-20-13-31(14-21-36)44(57)42-37-22-19-35(55)25-39(37)60-45(42)32-11-17-34(54)18-12-32/h9-22,25,38,54-55H,4-8,23-24,26H2,1-3H3,(H,49,56)/t38-/m0/s1. The van der Waals surface area contributed by atoms with E-state index in [1.54, 1.807) is 65.9 Å². The van der Waals surface area contributed by atoms with Crippen LogP contribution >= 0.6 is 34.3 Å². The molecule has 1 atom stereocenters. The zero-order valence-electron chi connectivity index (χ0n) is 33.5. The minimum absolute atomic E-state index is 0.0765. The summed E-state index contributed by atoms with van der Waals surface area (Å²) in [6, 6.07) is 26.2. The molecule has 306 valence electrons. The molecular formula is C47H44ClN5O5S2. The molecule has 3 N–H and O–H groups in total. The first-order valence-electron chi connectivity index (χ1n) is 20.0. The number of aromatic nitrogens is 3. The molecule has 13 heteroatoms. The van der Waals surface area contributed by atoms with Gasteiger partial charge in [0.05, 0.1) is 18.7 Å². The van der Waals surface area contributed by atoms with E-state index in [4.69, 9.17) is 21.3 Å². The van der Waals surface area contributed by atoms with Gasteiger partial charge in [-0.1, -0.05) is 43.0 Å². The Morgan fingerprint density at radius 3 is 2.28 bits per heavy atom. The summed E-state index contributed by atoms with van der Waals surface area (Å²) in [6.07, 6.45) is 4.90. The van der Waals surface area contributed by atoms with E-state index < -0.39 is 6.04 Å². The van der Waals surface area contributed by atoms with Gasteiger partial charge in [0.2, 0.25) is 5.91 Å². The van der Waals surface area contributed by atoms with Crippen LogP contribution < -0.4 is 10.1 Å². The number of rotatable bonds is 15. The van der Waals surface area contributed by atoms with Crippen molar-refractivity contribution in [1.29, 1.82) is 0 Å². The predicted molar refractivity (Wildman–Crippen MR) is 240 cm³/mol. The zero-order valence-corrected chi connectivity index (χ0v) is 35.9. The summed E-state index contributed by atoms with van der Waals surface area (Å²) >= 11 is 9.36. The summed E-state index contributed by atoms with van der Waals surface area (Å²) in [7, 11) is 0. The SMILES string of the molecule is Cc1sc2c(c1C)C(c1ccc(Cl)cc1)=N[C@@H](CC(=O)NCCCCCCCOc1ccc(C(=O)c3c(-c4ccc(O)cc4)sc4cc(O)ccc34)cc1)c1nnc(C)n1-2. The average Bonchev–Trinajstić information content (AvgIpc) is 3.88. The zero-order chi connectivity index (χ0) is 41.9. The van der Waals surface area contributed by atoms with Gasteiger partial charge in [0, 0.05) is 53.7 Å². The van der Waals surface area contributed by atoms with Crippen molar-refractivity contribution in [2.75, 3.05) is 13.2 Å². The van der Waals surface area contributed by atoms with Gasteiger partial charge >= 0.3 is 0 Å². The fourth-order valence-corrected chi connectivity index (χ4v) is 10.1. The molecule has 1 amide bonds. The van der Waals surface area contributed by atoms with Crippen molar-refractivity contribution in [2.45, 2.75) is 65.3 Å². The van der Waals surface area contributed by atoms with Crippen LogP contribution in [0.5, 0.6) is 17.2 Å². The number of ether oxygens (including phenoxy) is 1. The first kappa shape index (κ1) is 40.9. The van der Waals surface area contributed by atoms with Crippen LogP contribution in [0.2, 0.25) is 5.02 Å². The number of hydrogen-bond donors (Lipinski definition) is 3. The molecule has 1 aliphatic rings. The molecule has 0 fully saturated rings. The number of carbonyl (C=O) groups is 2. The number of phenolic OH excluding ortho intramolecular Hbond substituents is 2. The number of hydrogen-bond acceptors (Lipinski definition) is 10. The van der Waals surface area contributed by atoms with E-state index in [9.17, 15) is 19.8 Å². The number of thiophene rings is 2. The Bertz CT molecular complexity index is 2720. The first-order chi connectivity index (χ1) is 29.0. The number of nitrogens with zero attached hydrogens (tertiary/aromatic N) is 4. The molecule has 0 bridgehead atoms. The lowest BCUT2D eigenvalue weighted by atomic mass is 9.97. The van der Waals surface area contributed by atoms with Crippen molar-refractivity contribution in [3.63, 3.8) is 0 Å². The third-order valence-corrected chi connectivity index (χ3v) is 13.4. The molecule has 8 rings (SSSR count). The van der Waals surface area contributed by atoms with Gasteiger partial charge in [-0.15, -0.1) is 32.9 Å². The first-order valence-corrected chi connectivity index (χ1v) is 22.0. The van der Waals surface area contributed by atoms with E-state index >= 15 is 0 Å². The highest BCUT2D eigenvalue weighted by Gasteiger charge is 2.32. The minimum atomic E-state index is -0.505. The van der Waals surface area contributed by atoms with Crippen LogP contribution in [0.1, 0.15) is 93.7 Å². The number of ketones is 1. The summed E-state index contributed by atoms with van der Waals surface area (Å²) < 4.78 is 8.87. The number of carbonyl (C=O) groups excluding carboxylic acids is 2. The fourth-order valence-electron chi connectivity index (χ4n) is 7.53. The van der Waals surface area contributed by atoms with Gasteiger partial charge in [0.15, 0.2) is 11.6 Å². The summed E-state index contributed by atoms with van der Waals surface area (Å²) in [5, 5.41) is 34.4. The van der Waals surface area contributed by atoms with Crippen LogP contribution in [0.25, 0.3) is 25.5 Å². The highest BCUT2D eigenvalue weighted by atomic mass is 35.5. The van der Waals surface area contributed by atoms with E-state index in [1.165, 1.54) is 16.2 Å². The molecule has 0 aliphatic carbocycles. The number of phenols is 2. The maximum absolute atomic E-state index is 13.9. The number of unbranched alkanes of at least 4 members (excludes halogenated alkanes) is 4. The van der Waals surface area contributed by atoms with E-state index in [0.29, 0.717) is 40.9 Å². The Morgan fingerprint density at radius 2 is 1.52 bits per heavy atom. The Labute approximate surface area is 361 Å². The largest absolute Gasteiger partial charge is 0.508 e. The predicted octanol–water partition coefficient (Wildman–Crippen LogP) is 10.9. The smallest absolute Gasteiger partial charge is 0.222 e. The number of amides is 1. The van der Waals surface area contributed by atoms with Gasteiger partial charge in [-0.2, -0.15) is 0 Å². The summed E-state index contributed by atoms with van der Waals surface area (Å²) in [5.74, 6) is 2.20. The molecule has 3 aromatic heterocycles. The second-order valence-electron chi connectivity index (χ2n) is 15.0. The van der Waals surface area contributed by atoms with E-state index in [1.807, 2.05) is 43.3 Å². The van der Waals surface area contributed by atoms with Crippen LogP contribution in [-0.4, -0.2) is 55.5 Å². The molecule has 0 saturated heterocycles. The molecule has 4 aromatic carbocycles. The van der Waals surface area contributed by atoms with Gasteiger partial charge in [-0.25, -0.2) is 0 Å². The van der Waals surface area contributed by atoms with Crippen molar-refractivity contribution in [2.24, 2.45) is 4.99 Å². The number of aliphatic imine (C=N–C) groups is 1. The van der Waals surface area contributed by atoms with Crippen LogP contribution in [-0.2, 0) is 4.79 Å². The molecule has 0 spiro atoms. The molecule has 1 aliphatic heterocycles. The number of benzene rings is 4. The minimum Gasteiger partial charge on any atom is -0.508 e. The number of nitrogens with one attached hydrogen (secondary N) is 1. The highest BCUT2D eigenvalue weighted by molar-refractivity contribution is 7.22. The molecule has 60 heavy (non-hydrogen) atoms. The lowest BCUT2D eigenvalue weighted by molar-refractivity contribution is -0.121. The van der Waals surface area contributed by atoms with Crippen LogP contribution in [0.4, 0.5) is 0 Å². The van der Waals surface area contributed by atoms with Crippen molar-refractivity contribution in [3.05, 3.63) is 140 Å². The topological polar surface area (TPSA) is 139 Å². The normalized spacial score (nSPS) is 13.4. The third-order valence-electron chi connectivity index (χ3n) is 10.8. The van der Waals surface area contributed by atoms with E-state index in [2.05, 4.69) is 33.9 Å². The van der Waals surface area contributed by atoms with Crippen LogP contribution in [0, 0.1) is 20.8 Å². The van der Waals surface area contributed by atoms with Gasteiger partial charge in [-0.3, -0.25) is 19.1 Å². The Kier molecular flexibility index (Phi) is 12.1. The van der Waals surface area contributed by atoms with Gasteiger partial charge in [0.1, 0.15) is 34.1 Å². The molecular weight excluding hydrogens is 814 g/mol. The maximum atomic E-state index is 13.9. The van der Waals surface area contributed by atoms with Gasteiger partial charge in [0.25, 0.3) is 0 Å². The summed E-state index contributed by atoms with van der Waals surface area (Å²) in [4.78, 5) is 34.4. The number of fused-ring (bicyclic) bond motifs is 4. The molecule has 0 unspecified atom stereocenters. The third kappa shape index (κ3) is 8.58. The van der Waals surface area contributed by atoms with Gasteiger partial charge < -0.3 is 20.3 Å². The lowest BCUT2D eigenvalue weighted by Crippen LogP contribution is -2.26. The van der Waals surface area contributed by atoms with Crippen molar-refractivity contribution >= 4 is 61.8 Å². The molecule has 10 nitrogen and oxygen atoms in total. The second kappa shape index (κ2) is 17.8. The second-order valence-corrected chi connectivity index (χ2v) is 17.7. The number of halogens is 1. The molecule has 7 aromatic rings. The summed E-state index contributed by atoms with van der Waals surface area (Å²) in [6.45, 7) is 7.29. The molecule has 0 radical (unpaired) electrons. The van der Waals surface area contributed by atoms with Crippen molar-refractivity contribution < 1.29 is 24.5 Å². The maximum Gasteiger partial charge on any atom is 0.222 e. The van der Waals surface area contributed by atoms with E-state index in [0.717, 1.165) is 85.9 Å². The Hall–Kier alpha value is -5.82. The van der Waals surface area contributed by atoms with Crippen molar-refractivity contribution in [3.8, 4) is 32.7 Å². The van der Waals surface area contributed by atoms with Crippen molar-refractivity contribution in [1.82, 2.24) is 20.1 Å². The highest BCUT2D eigenvalue weighted by Crippen LogP contribution is 2.42. The lowest BCUT2D eigenvalue weighted by Gasteiger charge is -2.13. The average molecular weight is 858 g/mol. The van der Waals surface area contributed by atoms with Crippen LogP contribution in [0.15, 0.2) is 96.0 Å².